The number of nitrogens with two attached hydrogens (primary N) is 1. The highest BCUT2D eigenvalue weighted by molar-refractivity contribution is 7.90. The molecule has 0 saturated carbocycles. The van der Waals surface area contributed by atoms with E-state index in [2.05, 4.69) is 23.6 Å². The molecule has 2 saturated heterocycles. The number of fused-ring (bicyclic) bond motifs is 2. The molecule has 2 atom stereocenters. The summed E-state index contributed by atoms with van der Waals surface area (Å²) in [6.45, 7) is 0.0286. The molecule has 3 rings (SSSR count). The molecule has 0 aliphatic carbocycles. The van der Waals surface area contributed by atoms with Gasteiger partial charge in [0.1, 0.15) is 12.0 Å². The van der Waals surface area contributed by atoms with Crippen LogP contribution in [0.1, 0.15) is 12.8 Å². The van der Waals surface area contributed by atoms with E-state index in [4.69, 9.17) is 10.3 Å². The van der Waals surface area contributed by atoms with Crippen LogP contribution >= 0.6 is 0 Å². The van der Waals surface area contributed by atoms with Crippen LogP contribution in [0.25, 0.3) is 0 Å². The summed E-state index contributed by atoms with van der Waals surface area (Å²) in [4.78, 5) is 13.3. The van der Waals surface area contributed by atoms with Gasteiger partial charge in [-0.2, -0.15) is 21.9 Å². The third-order valence-corrected chi connectivity index (χ3v) is 5.18. The van der Waals surface area contributed by atoms with E-state index in [-0.39, 0.29) is 25.2 Å². The Labute approximate surface area is 141 Å². The first-order valence-corrected chi connectivity index (χ1v) is 9.54. The summed E-state index contributed by atoms with van der Waals surface area (Å²) in [5, 5.41) is 6.28. The number of hydrogen-bond acceptors (Lipinski definition) is 9. The second-order valence-electron chi connectivity index (χ2n) is 5.25. The summed E-state index contributed by atoms with van der Waals surface area (Å²) in [5.74, 6) is -0.386. The lowest BCUT2D eigenvalue weighted by Crippen LogP contribution is -2.48. The lowest BCUT2D eigenvalue weighted by Gasteiger charge is -2.29. The Morgan fingerprint density at radius 2 is 2.12 bits per heavy atom. The predicted octanol–water partition coefficient (Wildman–Crippen LogP) is -1.88. The third kappa shape index (κ3) is 3.41. The fraction of sp³-hybridized carbons (Fsp3) is 0.556. The Bertz CT molecular complexity index is 910. The number of hydroxylamine groups is 2. The van der Waals surface area contributed by atoms with E-state index < -0.39 is 43.6 Å². The van der Waals surface area contributed by atoms with E-state index in [0.29, 0.717) is 5.06 Å². The van der Waals surface area contributed by atoms with Crippen LogP contribution in [0.2, 0.25) is 0 Å². The molecule has 25 heavy (non-hydrogen) atoms. The zero-order valence-corrected chi connectivity index (χ0v) is 13.9. The van der Waals surface area contributed by atoms with Crippen molar-refractivity contribution in [2.45, 2.75) is 30.0 Å². The van der Waals surface area contributed by atoms with Crippen LogP contribution in [0.5, 0.6) is 0 Å². The topological polar surface area (TPSA) is 199 Å². The van der Waals surface area contributed by atoms with Crippen molar-refractivity contribution in [1.29, 1.82) is 0 Å². The Balaban J connectivity index is 1.83. The molecule has 2 bridgehead atoms. The first-order valence-electron chi connectivity index (χ1n) is 6.73. The smallest absolute Gasteiger partial charge is 0.385 e. The number of sulfonamides is 1. The second kappa shape index (κ2) is 5.90. The number of aromatic nitrogens is 2. The molecule has 2 amide bonds. The standard InChI is InChI=1S/C9H12N6O8S2/c10-8(13-24(17,18)7-3-11-22-12-7)6-2-1-5-4-14(6)9(16)15(5)23-25(19,20)21/h3,5-6H,1-2,4H2,(H2,10,13)(H,19,20,21)/t5-,6+/m1/s1. The quantitative estimate of drug-likeness (QED) is 0.320. The van der Waals surface area contributed by atoms with Crippen LogP contribution in [0.15, 0.2) is 20.2 Å². The Morgan fingerprint density at radius 3 is 2.72 bits per heavy atom. The minimum atomic E-state index is -4.88. The summed E-state index contributed by atoms with van der Waals surface area (Å²) in [5.41, 5.74) is 5.73. The SMILES string of the molecule is NC(=NS(=O)(=O)c1cnon1)[C@@H]1CC[C@@H]2CN1C(=O)N2OS(=O)(=O)O. The number of carbonyl (C=O) groups is 1. The average Bonchev–Trinajstić information content (AvgIpc) is 3.11. The van der Waals surface area contributed by atoms with Gasteiger partial charge in [0.15, 0.2) is 0 Å². The molecule has 3 N–H and O–H groups in total. The molecule has 2 fully saturated rings. The minimum absolute atomic E-state index is 0.0286. The summed E-state index contributed by atoms with van der Waals surface area (Å²) >= 11 is 0. The lowest BCUT2D eigenvalue weighted by atomic mass is 10.0. The number of nitrogens with zero attached hydrogens (tertiary/aromatic N) is 5. The number of amides is 2. The maximum Gasteiger partial charge on any atom is 0.418 e. The van der Waals surface area contributed by atoms with Crippen LogP contribution in [-0.4, -0.2) is 72.2 Å². The van der Waals surface area contributed by atoms with Crippen molar-refractivity contribution in [3.8, 4) is 0 Å². The van der Waals surface area contributed by atoms with Crippen molar-refractivity contribution in [3.05, 3.63) is 6.20 Å². The minimum Gasteiger partial charge on any atom is -0.385 e. The van der Waals surface area contributed by atoms with Gasteiger partial charge in [-0.15, -0.1) is 8.68 Å². The summed E-state index contributed by atoms with van der Waals surface area (Å²) < 4.78 is 66.3. The molecule has 0 aromatic carbocycles. The van der Waals surface area contributed by atoms with Crippen LogP contribution in [0.3, 0.4) is 0 Å². The molecular formula is C9H12N6O8S2. The van der Waals surface area contributed by atoms with Gasteiger partial charge >= 0.3 is 26.5 Å². The molecule has 0 spiro atoms. The second-order valence-corrected chi connectivity index (χ2v) is 7.80. The molecule has 1 aromatic rings. The molecule has 14 nitrogen and oxygen atoms in total. The van der Waals surface area contributed by atoms with E-state index in [9.17, 15) is 21.6 Å². The molecule has 2 aliphatic heterocycles. The Hall–Kier alpha value is -2.30. The predicted molar refractivity (Wildman–Crippen MR) is 76.5 cm³/mol. The molecule has 0 unspecified atom stereocenters. The van der Waals surface area contributed by atoms with E-state index in [1.54, 1.807) is 0 Å². The Morgan fingerprint density at radius 1 is 1.40 bits per heavy atom. The van der Waals surface area contributed by atoms with Crippen molar-refractivity contribution in [2.75, 3.05) is 6.54 Å². The van der Waals surface area contributed by atoms with Gasteiger partial charge in [0.2, 0.25) is 5.03 Å². The summed E-state index contributed by atoms with van der Waals surface area (Å²) in [6.07, 6.45) is 1.31. The largest absolute Gasteiger partial charge is 0.418 e. The van der Waals surface area contributed by atoms with Gasteiger partial charge in [-0.3, -0.25) is 4.55 Å². The first-order chi connectivity index (χ1) is 11.6. The van der Waals surface area contributed by atoms with Gasteiger partial charge in [0.25, 0.3) is 0 Å². The maximum atomic E-state index is 12.2. The van der Waals surface area contributed by atoms with Crippen LogP contribution in [-0.2, 0) is 24.7 Å². The van der Waals surface area contributed by atoms with E-state index in [0.717, 1.165) is 11.1 Å². The van der Waals surface area contributed by atoms with Crippen LogP contribution < -0.4 is 5.73 Å². The van der Waals surface area contributed by atoms with Crippen molar-refractivity contribution in [2.24, 2.45) is 10.1 Å². The van der Waals surface area contributed by atoms with Gasteiger partial charge in [-0.1, -0.05) is 5.16 Å². The zero-order chi connectivity index (χ0) is 18.4. The first kappa shape index (κ1) is 17.5. The molecule has 0 radical (unpaired) electrons. The fourth-order valence-corrected chi connectivity index (χ4v) is 3.84. The number of piperidine rings is 1. The van der Waals surface area contributed by atoms with Gasteiger partial charge in [0, 0.05) is 6.54 Å². The van der Waals surface area contributed by atoms with Gasteiger partial charge in [0.05, 0.1) is 12.1 Å². The molecule has 138 valence electrons. The molecule has 1 aromatic heterocycles. The molecule has 2 aliphatic rings. The van der Waals surface area contributed by atoms with Gasteiger partial charge in [-0.05, 0) is 18.0 Å². The van der Waals surface area contributed by atoms with Crippen molar-refractivity contribution < 1.29 is 35.1 Å². The summed E-state index contributed by atoms with van der Waals surface area (Å²) in [6, 6.07) is -2.41. The number of hydrogen-bond donors (Lipinski definition) is 2. The highest BCUT2D eigenvalue weighted by Crippen LogP contribution is 2.31. The molecule has 3 heterocycles. The molecular weight excluding hydrogens is 384 g/mol. The number of amidine groups is 1. The van der Waals surface area contributed by atoms with Crippen molar-refractivity contribution in [1.82, 2.24) is 20.3 Å². The maximum absolute atomic E-state index is 12.2. The Kier molecular flexibility index (Phi) is 4.13. The van der Waals surface area contributed by atoms with E-state index in [1.165, 1.54) is 0 Å². The van der Waals surface area contributed by atoms with Gasteiger partial charge in [-0.25, -0.2) is 9.42 Å². The van der Waals surface area contributed by atoms with E-state index in [1.807, 2.05) is 0 Å². The zero-order valence-electron chi connectivity index (χ0n) is 12.3. The van der Waals surface area contributed by atoms with Gasteiger partial charge < -0.3 is 10.6 Å². The number of carbonyl (C=O) groups excluding carboxylic acids is 1. The fourth-order valence-electron chi connectivity index (χ4n) is 2.66. The number of rotatable bonds is 5. The van der Waals surface area contributed by atoms with Crippen molar-refractivity contribution >= 4 is 32.3 Å². The normalized spacial score (nSPS) is 24.8. The van der Waals surface area contributed by atoms with Crippen molar-refractivity contribution in [3.63, 3.8) is 0 Å². The van der Waals surface area contributed by atoms with Crippen LogP contribution in [0.4, 0.5) is 4.79 Å². The third-order valence-electron chi connectivity index (χ3n) is 3.67. The van der Waals surface area contributed by atoms with E-state index >= 15 is 0 Å². The van der Waals surface area contributed by atoms with Crippen LogP contribution in [0, 0.1) is 0 Å². The highest BCUT2D eigenvalue weighted by atomic mass is 32.3. The average molecular weight is 396 g/mol. The summed E-state index contributed by atoms with van der Waals surface area (Å²) in [7, 11) is -9.15. The number of urea groups is 1. The molecule has 16 heteroatoms. The lowest BCUT2D eigenvalue weighted by molar-refractivity contribution is -0.0316. The highest BCUT2D eigenvalue weighted by Gasteiger charge is 2.48. The monoisotopic (exact) mass is 396 g/mol.